The molecule has 0 atom stereocenters. The zero-order valence-electron chi connectivity index (χ0n) is 16.0. The topological polar surface area (TPSA) is 80.4 Å². The highest BCUT2D eigenvalue weighted by Gasteiger charge is 2.30. The zero-order valence-corrected chi connectivity index (χ0v) is 17.7. The number of methoxy groups -OCH3 is 1. The van der Waals surface area contributed by atoms with E-state index in [1.54, 1.807) is 7.11 Å². The fourth-order valence-corrected chi connectivity index (χ4v) is 3.72. The van der Waals surface area contributed by atoms with Crippen LogP contribution in [0.2, 0.25) is 0 Å². The number of ether oxygens (including phenoxy) is 1. The third kappa shape index (κ3) is 5.03. The highest BCUT2D eigenvalue weighted by molar-refractivity contribution is 5.85. The van der Waals surface area contributed by atoms with E-state index in [2.05, 4.69) is 33.0 Å². The van der Waals surface area contributed by atoms with Crippen LogP contribution in [0.1, 0.15) is 30.3 Å². The number of piperazine rings is 1. The number of nitrogens with zero attached hydrogens (tertiary/aromatic N) is 5. The summed E-state index contributed by atoms with van der Waals surface area (Å²) in [5.41, 5.74) is 8.31. The first-order valence-electron chi connectivity index (χ1n) is 9.25. The highest BCUT2D eigenvalue weighted by Crippen LogP contribution is 2.35. The Hall–Kier alpha value is -1.67. The summed E-state index contributed by atoms with van der Waals surface area (Å²) in [5.74, 6) is 2.23. The summed E-state index contributed by atoms with van der Waals surface area (Å²) in [5, 5.41) is 0. The first kappa shape index (κ1) is 22.6. The van der Waals surface area contributed by atoms with Gasteiger partial charge >= 0.3 is 0 Å². The summed E-state index contributed by atoms with van der Waals surface area (Å²) in [6.07, 6.45) is 5.72. The van der Waals surface area contributed by atoms with Crippen LogP contribution in [0, 0.1) is 0 Å². The van der Waals surface area contributed by atoms with Crippen LogP contribution in [-0.2, 0) is 11.3 Å². The fourth-order valence-electron chi connectivity index (χ4n) is 3.72. The molecule has 0 amide bonds. The van der Waals surface area contributed by atoms with E-state index < -0.39 is 0 Å². The molecular weight excluding hydrogens is 399 g/mol. The van der Waals surface area contributed by atoms with E-state index in [4.69, 9.17) is 20.4 Å². The molecule has 1 aliphatic carbocycles. The molecule has 0 bridgehead atoms. The predicted octanol–water partition coefficient (Wildman–Crippen LogP) is 2.39. The molecule has 2 aromatic rings. The van der Waals surface area contributed by atoms with Crippen LogP contribution in [-0.4, -0.2) is 54.3 Å². The molecule has 154 valence electrons. The van der Waals surface area contributed by atoms with E-state index in [-0.39, 0.29) is 24.8 Å². The Labute approximate surface area is 178 Å². The minimum atomic E-state index is 0. The minimum absolute atomic E-state index is 0. The van der Waals surface area contributed by atoms with Gasteiger partial charge in [0.2, 0.25) is 0 Å². The molecule has 0 aromatic carbocycles. The molecule has 3 heterocycles. The van der Waals surface area contributed by atoms with Gasteiger partial charge in [-0.3, -0.25) is 4.98 Å². The van der Waals surface area contributed by atoms with Gasteiger partial charge in [0.15, 0.2) is 5.82 Å². The van der Waals surface area contributed by atoms with Crippen molar-refractivity contribution in [1.82, 2.24) is 15.0 Å². The second-order valence-corrected chi connectivity index (χ2v) is 7.11. The molecule has 0 radical (unpaired) electrons. The maximum atomic E-state index is 5.97. The van der Waals surface area contributed by atoms with Gasteiger partial charge < -0.3 is 20.3 Å². The third-order valence-corrected chi connectivity index (χ3v) is 5.28. The lowest BCUT2D eigenvalue weighted by molar-refractivity contribution is 0.177. The second-order valence-electron chi connectivity index (χ2n) is 7.11. The number of pyridine rings is 1. The molecule has 1 saturated heterocycles. The minimum Gasteiger partial charge on any atom is -0.377 e. The van der Waals surface area contributed by atoms with Crippen molar-refractivity contribution in [3.63, 3.8) is 0 Å². The summed E-state index contributed by atoms with van der Waals surface area (Å²) in [6, 6.07) is 6.59. The average Bonchev–Trinajstić information content (AvgIpc) is 2.66. The Balaban J connectivity index is 0.00000140. The van der Waals surface area contributed by atoms with Gasteiger partial charge in [0.05, 0.1) is 0 Å². The lowest BCUT2D eigenvalue weighted by atomic mass is 9.78. The van der Waals surface area contributed by atoms with Gasteiger partial charge in [-0.1, -0.05) is 0 Å². The number of nitrogens with two attached hydrogens (primary N) is 1. The first-order chi connectivity index (χ1) is 12.7. The molecule has 0 spiro atoms. The van der Waals surface area contributed by atoms with E-state index in [1.165, 1.54) is 5.69 Å². The molecule has 9 heteroatoms. The zero-order chi connectivity index (χ0) is 17.9. The van der Waals surface area contributed by atoms with Crippen molar-refractivity contribution in [2.24, 2.45) is 5.73 Å². The maximum absolute atomic E-state index is 5.97. The molecule has 1 saturated carbocycles. The fraction of sp³-hybridized carbons (Fsp3) is 0.526. The monoisotopic (exact) mass is 426 g/mol. The van der Waals surface area contributed by atoms with Crippen molar-refractivity contribution in [2.75, 3.05) is 43.1 Å². The van der Waals surface area contributed by atoms with E-state index in [0.717, 1.165) is 56.4 Å². The molecule has 2 N–H and O–H groups in total. The maximum Gasteiger partial charge on any atom is 0.156 e. The van der Waals surface area contributed by atoms with E-state index in [9.17, 15) is 0 Å². The molecule has 7 nitrogen and oxygen atoms in total. The summed E-state index contributed by atoms with van der Waals surface area (Å²) < 4.78 is 5.27. The summed E-state index contributed by atoms with van der Waals surface area (Å²) in [7, 11) is 1.68. The van der Waals surface area contributed by atoms with Crippen LogP contribution in [0.3, 0.4) is 0 Å². The van der Waals surface area contributed by atoms with Crippen molar-refractivity contribution in [3.8, 4) is 0 Å². The van der Waals surface area contributed by atoms with Crippen LogP contribution in [0.25, 0.3) is 0 Å². The lowest BCUT2D eigenvalue weighted by Crippen LogP contribution is -2.47. The smallest absolute Gasteiger partial charge is 0.156 e. The predicted molar refractivity (Wildman–Crippen MR) is 116 cm³/mol. The molecule has 2 aromatic heterocycles. The van der Waals surface area contributed by atoms with Crippen LogP contribution in [0.4, 0.5) is 11.5 Å². The van der Waals surface area contributed by atoms with Crippen LogP contribution < -0.4 is 15.5 Å². The Morgan fingerprint density at radius 3 is 2.29 bits per heavy atom. The number of hydrogen-bond donors (Lipinski definition) is 1. The largest absolute Gasteiger partial charge is 0.377 e. The quantitative estimate of drug-likeness (QED) is 0.785. The van der Waals surface area contributed by atoms with Gasteiger partial charge in [0, 0.05) is 75.1 Å². The molecular formula is C19H28Cl2N6O. The highest BCUT2D eigenvalue weighted by atomic mass is 35.5. The Morgan fingerprint density at radius 2 is 1.68 bits per heavy atom. The molecule has 0 unspecified atom stereocenters. The van der Waals surface area contributed by atoms with Gasteiger partial charge in [-0.15, -0.1) is 24.8 Å². The van der Waals surface area contributed by atoms with Gasteiger partial charge in [0.25, 0.3) is 0 Å². The second kappa shape index (κ2) is 10.2. The molecule has 4 rings (SSSR count). The van der Waals surface area contributed by atoms with Crippen molar-refractivity contribution in [2.45, 2.75) is 31.4 Å². The summed E-state index contributed by atoms with van der Waals surface area (Å²) >= 11 is 0. The van der Waals surface area contributed by atoms with Crippen LogP contribution in [0.15, 0.2) is 30.6 Å². The van der Waals surface area contributed by atoms with Crippen molar-refractivity contribution in [1.29, 1.82) is 0 Å². The number of halogens is 2. The van der Waals surface area contributed by atoms with Crippen LogP contribution >= 0.6 is 24.8 Å². The normalized spacial score (nSPS) is 21.4. The summed E-state index contributed by atoms with van der Waals surface area (Å²) in [6.45, 7) is 4.26. The van der Waals surface area contributed by atoms with E-state index in [1.807, 2.05) is 12.4 Å². The Morgan fingerprint density at radius 1 is 1.04 bits per heavy atom. The standard InChI is InChI=1S/C19H26N6O.2ClH/c1-26-13-18-22-17(14-10-15(20)11-14)12-19(23-18)25-8-6-24(7-9-25)16-2-4-21-5-3-16;;/h2-5,12,14-15H,6-11,13,20H2,1H3;2*1H. The number of anilines is 2. The SMILES string of the molecule is COCc1nc(C2CC(N)C2)cc(N2CCN(c3ccncc3)CC2)n1.Cl.Cl. The van der Waals surface area contributed by atoms with Gasteiger partial charge in [-0.25, -0.2) is 9.97 Å². The van der Waals surface area contributed by atoms with Crippen molar-refractivity contribution < 1.29 is 4.74 Å². The number of rotatable bonds is 5. The third-order valence-electron chi connectivity index (χ3n) is 5.28. The van der Waals surface area contributed by atoms with E-state index in [0.29, 0.717) is 18.6 Å². The molecule has 1 aliphatic heterocycles. The van der Waals surface area contributed by atoms with Crippen molar-refractivity contribution >= 4 is 36.3 Å². The Kier molecular flexibility index (Phi) is 8.24. The molecule has 2 fully saturated rings. The Bertz CT molecular complexity index is 736. The lowest BCUT2D eigenvalue weighted by Gasteiger charge is -2.37. The van der Waals surface area contributed by atoms with Crippen LogP contribution in [0.5, 0.6) is 0 Å². The van der Waals surface area contributed by atoms with Gasteiger partial charge in [-0.05, 0) is 25.0 Å². The molecule has 28 heavy (non-hydrogen) atoms. The summed E-state index contributed by atoms with van der Waals surface area (Å²) in [4.78, 5) is 18.3. The number of hydrogen-bond acceptors (Lipinski definition) is 7. The van der Waals surface area contributed by atoms with E-state index >= 15 is 0 Å². The van der Waals surface area contributed by atoms with Gasteiger partial charge in [-0.2, -0.15) is 0 Å². The average molecular weight is 427 g/mol. The van der Waals surface area contributed by atoms with Gasteiger partial charge in [0.1, 0.15) is 12.4 Å². The number of aromatic nitrogens is 3. The molecule has 2 aliphatic rings. The van der Waals surface area contributed by atoms with Crippen molar-refractivity contribution in [3.05, 3.63) is 42.1 Å². The first-order valence-corrected chi connectivity index (χ1v) is 9.25.